The van der Waals surface area contributed by atoms with Gasteiger partial charge in [0.25, 0.3) is 5.56 Å². The standard InChI is InChI=1S/C11H12FN5O/c1-16-6-13-9-8(16)10(18)15-11(14-9)17-4-2-3-7(12)5-17/h3,6H,2,4-5H2,1H3,(H,14,15,18). The number of aryl methyl sites for hydroxylation is 1. The maximum atomic E-state index is 13.2. The molecular formula is C11H12FN5O. The van der Waals surface area contributed by atoms with Crippen molar-refractivity contribution in [2.45, 2.75) is 6.42 Å². The molecule has 0 fully saturated rings. The predicted molar refractivity (Wildman–Crippen MR) is 65.2 cm³/mol. The van der Waals surface area contributed by atoms with Crippen molar-refractivity contribution in [3.05, 3.63) is 28.6 Å². The van der Waals surface area contributed by atoms with Gasteiger partial charge in [0.15, 0.2) is 11.2 Å². The Kier molecular flexibility index (Phi) is 2.39. The van der Waals surface area contributed by atoms with Crippen LogP contribution in [0.2, 0.25) is 0 Å². The zero-order valence-corrected chi connectivity index (χ0v) is 9.85. The van der Waals surface area contributed by atoms with Crippen molar-refractivity contribution in [1.29, 1.82) is 0 Å². The summed E-state index contributed by atoms with van der Waals surface area (Å²) in [6.07, 6.45) is 3.69. The van der Waals surface area contributed by atoms with Crippen LogP contribution in [0.5, 0.6) is 0 Å². The summed E-state index contributed by atoms with van der Waals surface area (Å²) in [7, 11) is 1.73. The lowest BCUT2D eigenvalue weighted by atomic mass is 10.2. The molecule has 0 amide bonds. The molecule has 0 aliphatic carbocycles. The molecular weight excluding hydrogens is 237 g/mol. The minimum absolute atomic E-state index is 0.140. The number of aromatic amines is 1. The summed E-state index contributed by atoms with van der Waals surface area (Å²) in [4.78, 5) is 24.6. The van der Waals surface area contributed by atoms with Crippen LogP contribution in [-0.2, 0) is 7.05 Å². The van der Waals surface area contributed by atoms with Crippen LogP contribution in [0.15, 0.2) is 23.0 Å². The maximum absolute atomic E-state index is 13.2. The van der Waals surface area contributed by atoms with Gasteiger partial charge in [0.05, 0.1) is 12.9 Å². The first-order valence-corrected chi connectivity index (χ1v) is 5.66. The molecule has 0 atom stereocenters. The molecule has 3 heterocycles. The normalized spacial score (nSPS) is 16.1. The molecule has 7 heteroatoms. The van der Waals surface area contributed by atoms with Crippen molar-refractivity contribution in [2.24, 2.45) is 7.05 Å². The van der Waals surface area contributed by atoms with Crippen LogP contribution >= 0.6 is 0 Å². The van der Waals surface area contributed by atoms with Gasteiger partial charge >= 0.3 is 0 Å². The van der Waals surface area contributed by atoms with E-state index in [2.05, 4.69) is 15.0 Å². The van der Waals surface area contributed by atoms with E-state index in [9.17, 15) is 9.18 Å². The van der Waals surface area contributed by atoms with Gasteiger partial charge < -0.3 is 9.47 Å². The number of nitrogens with zero attached hydrogens (tertiary/aromatic N) is 4. The summed E-state index contributed by atoms with van der Waals surface area (Å²) in [6.45, 7) is 0.774. The molecule has 1 N–H and O–H groups in total. The van der Waals surface area contributed by atoms with Crippen molar-refractivity contribution in [3.63, 3.8) is 0 Å². The molecule has 1 aliphatic rings. The largest absolute Gasteiger partial charge is 0.335 e. The van der Waals surface area contributed by atoms with Crippen LogP contribution in [0.1, 0.15) is 6.42 Å². The highest BCUT2D eigenvalue weighted by Gasteiger charge is 2.17. The van der Waals surface area contributed by atoms with Gasteiger partial charge in [-0.25, -0.2) is 9.37 Å². The number of rotatable bonds is 1. The second kappa shape index (κ2) is 3.94. The SMILES string of the molecule is Cn1cnc2nc(N3CCC=C(F)C3)[nH]c(=O)c21. The third-order valence-electron chi connectivity index (χ3n) is 2.98. The number of H-pyrrole nitrogens is 1. The molecule has 2 aromatic heterocycles. The van der Waals surface area contributed by atoms with Crippen LogP contribution in [0.4, 0.5) is 10.3 Å². The molecule has 0 radical (unpaired) electrons. The van der Waals surface area contributed by atoms with E-state index in [0.29, 0.717) is 30.1 Å². The van der Waals surface area contributed by atoms with Gasteiger partial charge in [0.2, 0.25) is 5.95 Å². The highest BCUT2D eigenvalue weighted by atomic mass is 19.1. The maximum Gasteiger partial charge on any atom is 0.278 e. The van der Waals surface area contributed by atoms with Gasteiger partial charge in [-0.1, -0.05) is 0 Å². The zero-order valence-electron chi connectivity index (χ0n) is 9.85. The van der Waals surface area contributed by atoms with Crippen LogP contribution in [0.3, 0.4) is 0 Å². The van der Waals surface area contributed by atoms with Gasteiger partial charge in [0.1, 0.15) is 5.83 Å². The highest BCUT2D eigenvalue weighted by molar-refractivity contribution is 5.70. The Morgan fingerprint density at radius 3 is 3.11 bits per heavy atom. The van der Waals surface area contributed by atoms with Crippen LogP contribution in [0.25, 0.3) is 11.2 Å². The summed E-state index contributed by atoms with van der Waals surface area (Å²) in [5.41, 5.74) is 0.544. The van der Waals surface area contributed by atoms with Gasteiger partial charge in [0, 0.05) is 13.6 Å². The van der Waals surface area contributed by atoms with Gasteiger partial charge in [-0.3, -0.25) is 9.78 Å². The number of fused-ring (bicyclic) bond motifs is 1. The topological polar surface area (TPSA) is 66.8 Å². The van der Waals surface area contributed by atoms with Crippen molar-refractivity contribution in [2.75, 3.05) is 18.0 Å². The van der Waals surface area contributed by atoms with E-state index in [1.165, 1.54) is 6.33 Å². The van der Waals surface area contributed by atoms with Crippen molar-refractivity contribution >= 4 is 17.1 Å². The molecule has 1 aliphatic heterocycles. The molecule has 3 rings (SSSR count). The number of hydrogen-bond donors (Lipinski definition) is 1. The van der Waals surface area contributed by atoms with Crippen molar-refractivity contribution in [1.82, 2.24) is 19.5 Å². The minimum Gasteiger partial charge on any atom is -0.335 e. The number of anilines is 1. The lowest BCUT2D eigenvalue weighted by Gasteiger charge is -2.24. The summed E-state index contributed by atoms with van der Waals surface area (Å²) >= 11 is 0. The first-order chi connectivity index (χ1) is 8.65. The lowest BCUT2D eigenvalue weighted by molar-refractivity contribution is 0.570. The molecule has 0 bridgehead atoms. The Labute approximate surface area is 102 Å². The smallest absolute Gasteiger partial charge is 0.278 e. The Morgan fingerprint density at radius 1 is 1.50 bits per heavy atom. The van der Waals surface area contributed by atoms with Gasteiger partial charge in [-0.2, -0.15) is 4.98 Å². The van der Waals surface area contributed by atoms with Gasteiger partial charge in [-0.15, -0.1) is 0 Å². The van der Waals surface area contributed by atoms with Crippen molar-refractivity contribution < 1.29 is 4.39 Å². The fraction of sp³-hybridized carbons (Fsp3) is 0.364. The monoisotopic (exact) mass is 249 g/mol. The third-order valence-corrected chi connectivity index (χ3v) is 2.98. The molecule has 2 aromatic rings. The fourth-order valence-electron chi connectivity index (χ4n) is 2.08. The Morgan fingerprint density at radius 2 is 2.33 bits per heavy atom. The van der Waals surface area contributed by atoms with Crippen LogP contribution in [0, 0.1) is 0 Å². The number of hydrogen-bond acceptors (Lipinski definition) is 4. The number of nitrogens with one attached hydrogen (secondary N) is 1. The summed E-state index contributed by atoms with van der Waals surface area (Å²) in [6, 6.07) is 0. The van der Waals surface area contributed by atoms with E-state index >= 15 is 0 Å². The second-order valence-corrected chi connectivity index (χ2v) is 4.28. The van der Waals surface area contributed by atoms with E-state index in [-0.39, 0.29) is 17.9 Å². The average Bonchev–Trinajstić information content (AvgIpc) is 2.71. The van der Waals surface area contributed by atoms with Crippen LogP contribution in [-0.4, -0.2) is 32.6 Å². The summed E-state index contributed by atoms with van der Waals surface area (Å²) in [5.74, 6) is 0.166. The first kappa shape index (κ1) is 10.9. The number of aromatic nitrogens is 4. The number of imidazole rings is 1. The first-order valence-electron chi connectivity index (χ1n) is 5.66. The molecule has 18 heavy (non-hydrogen) atoms. The molecule has 0 unspecified atom stereocenters. The Hall–Kier alpha value is -2.18. The van der Waals surface area contributed by atoms with Gasteiger partial charge in [-0.05, 0) is 12.5 Å². The third kappa shape index (κ3) is 1.68. The molecule has 0 saturated carbocycles. The molecule has 0 aromatic carbocycles. The highest BCUT2D eigenvalue weighted by Crippen LogP contribution is 2.16. The molecule has 94 valence electrons. The zero-order chi connectivity index (χ0) is 12.7. The molecule has 6 nitrogen and oxygen atoms in total. The quantitative estimate of drug-likeness (QED) is 0.808. The van der Waals surface area contributed by atoms with E-state index in [4.69, 9.17) is 0 Å². The Bertz CT molecular complexity index is 686. The Balaban J connectivity index is 2.08. The van der Waals surface area contributed by atoms with E-state index < -0.39 is 0 Å². The minimum atomic E-state index is -0.259. The fourth-order valence-corrected chi connectivity index (χ4v) is 2.08. The van der Waals surface area contributed by atoms with E-state index in [1.54, 1.807) is 22.6 Å². The lowest BCUT2D eigenvalue weighted by Crippen LogP contribution is -2.32. The van der Waals surface area contributed by atoms with Crippen molar-refractivity contribution in [3.8, 4) is 0 Å². The summed E-state index contributed by atoms with van der Waals surface area (Å²) < 4.78 is 14.8. The molecule has 0 spiro atoms. The van der Waals surface area contributed by atoms with Crippen LogP contribution < -0.4 is 10.5 Å². The number of halogens is 1. The molecule has 0 saturated heterocycles. The van der Waals surface area contributed by atoms with E-state index in [1.807, 2.05) is 0 Å². The second-order valence-electron chi connectivity index (χ2n) is 4.28. The van der Waals surface area contributed by atoms with E-state index in [0.717, 1.165) is 0 Å². The predicted octanol–water partition coefficient (Wildman–Crippen LogP) is 0.720. The summed E-state index contributed by atoms with van der Waals surface area (Å²) in [5, 5.41) is 0. The average molecular weight is 249 g/mol.